The lowest BCUT2D eigenvalue weighted by molar-refractivity contribution is 0.0949. The molecule has 0 bridgehead atoms. The lowest BCUT2D eigenvalue weighted by Gasteiger charge is -2.10. The zero-order valence-corrected chi connectivity index (χ0v) is 11.4. The maximum atomic E-state index is 13.5. The summed E-state index contributed by atoms with van der Waals surface area (Å²) >= 11 is 9.12. The Labute approximate surface area is 113 Å². The minimum Gasteiger partial charge on any atom is -0.351 e. The summed E-state index contributed by atoms with van der Waals surface area (Å²) in [5.74, 6) is -0.446. The Morgan fingerprint density at radius 3 is 2.94 bits per heavy atom. The summed E-state index contributed by atoms with van der Waals surface area (Å²) in [5, 5.41) is 2.67. The van der Waals surface area contributed by atoms with Gasteiger partial charge in [-0.05, 0) is 30.9 Å². The number of nitrogens with one attached hydrogen (secondary N) is 1. The molecule has 0 aliphatic heterocycles. The lowest BCUT2D eigenvalue weighted by Crippen LogP contribution is -2.31. The van der Waals surface area contributed by atoms with Crippen molar-refractivity contribution in [1.29, 1.82) is 0 Å². The van der Waals surface area contributed by atoms with E-state index in [0.29, 0.717) is 12.5 Å². The third-order valence-corrected chi connectivity index (χ3v) is 4.15. The topological polar surface area (TPSA) is 29.1 Å². The van der Waals surface area contributed by atoms with Gasteiger partial charge in [0.1, 0.15) is 0 Å². The van der Waals surface area contributed by atoms with Gasteiger partial charge in [0.05, 0.1) is 10.6 Å². The molecule has 0 radical (unpaired) electrons. The van der Waals surface area contributed by atoms with E-state index < -0.39 is 11.7 Å². The van der Waals surface area contributed by atoms with Crippen LogP contribution < -0.4 is 5.32 Å². The Morgan fingerprint density at radius 2 is 2.29 bits per heavy atom. The Kier molecular flexibility index (Phi) is 4.05. The molecule has 1 aliphatic carbocycles. The SMILES string of the molecule is O=C(NCC(Br)C1CC1)c1cccc(Cl)c1F. The molecule has 1 atom stereocenters. The second-order valence-corrected chi connectivity index (χ2v) is 5.75. The summed E-state index contributed by atoms with van der Waals surface area (Å²) in [4.78, 5) is 12.0. The van der Waals surface area contributed by atoms with Crippen LogP contribution in [-0.4, -0.2) is 17.3 Å². The predicted octanol–water partition coefficient (Wildman–Crippen LogP) is 3.38. The minimum absolute atomic E-state index is 0.00648. The number of hydrogen-bond donors (Lipinski definition) is 1. The van der Waals surface area contributed by atoms with Gasteiger partial charge in [0.2, 0.25) is 0 Å². The molecule has 2 nitrogen and oxygen atoms in total. The molecule has 5 heteroatoms. The van der Waals surface area contributed by atoms with Gasteiger partial charge < -0.3 is 5.32 Å². The fraction of sp³-hybridized carbons (Fsp3) is 0.417. The van der Waals surface area contributed by atoms with E-state index in [9.17, 15) is 9.18 Å². The molecular weight excluding hydrogens is 308 g/mol. The summed E-state index contributed by atoms with van der Waals surface area (Å²) in [6.45, 7) is 0.509. The molecule has 1 aromatic rings. The summed E-state index contributed by atoms with van der Waals surface area (Å²) in [7, 11) is 0. The van der Waals surface area contributed by atoms with Gasteiger partial charge in [0.25, 0.3) is 5.91 Å². The van der Waals surface area contributed by atoms with E-state index in [-0.39, 0.29) is 15.4 Å². The molecular formula is C12H12BrClFNO. The molecule has 2 rings (SSSR count). The molecule has 0 saturated heterocycles. The van der Waals surface area contributed by atoms with Gasteiger partial charge in [0, 0.05) is 11.4 Å². The van der Waals surface area contributed by atoms with Crippen molar-refractivity contribution in [3.05, 3.63) is 34.6 Å². The van der Waals surface area contributed by atoms with E-state index in [1.54, 1.807) is 6.07 Å². The number of rotatable bonds is 4. The van der Waals surface area contributed by atoms with E-state index in [1.807, 2.05) is 0 Å². The Morgan fingerprint density at radius 1 is 1.59 bits per heavy atom. The van der Waals surface area contributed by atoms with E-state index in [1.165, 1.54) is 25.0 Å². The van der Waals surface area contributed by atoms with E-state index >= 15 is 0 Å². The first-order valence-electron chi connectivity index (χ1n) is 5.46. The molecule has 1 aliphatic rings. The van der Waals surface area contributed by atoms with Crippen LogP contribution >= 0.6 is 27.5 Å². The van der Waals surface area contributed by atoms with Gasteiger partial charge >= 0.3 is 0 Å². The highest BCUT2D eigenvalue weighted by Crippen LogP contribution is 2.36. The van der Waals surface area contributed by atoms with Crippen molar-refractivity contribution >= 4 is 33.4 Å². The second-order valence-electron chi connectivity index (χ2n) is 4.16. The Hall–Kier alpha value is -0.610. The highest BCUT2D eigenvalue weighted by molar-refractivity contribution is 9.09. The molecule has 1 amide bonds. The maximum absolute atomic E-state index is 13.5. The first-order valence-corrected chi connectivity index (χ1v) is 6.75. The molecule has 1 fully saturated rings. The second kappa shape index (κ2) is 5.36. The minimum atomic E-state index is -0.663. The predicted molar refractivity (Wildman–Crippen MR) is 69.2 cm³/mol. The van der Waals surface area contributed by atoms with Gasteiger partial charge in [-0.15, -0.1) is 0 Å². The molecule has 0 heterocycles. The summed E-state index contributed by atoms with van der Waals surface area (Å²) in [5.41, 5.74) is -0.00648. The largest absolute Gasteiger partial charge is 0.351 e. The molecule has 1 saturated carbocycles. The van der Waals surface area contributed by atoms with Crippen LogP contribution in [0.15, 0.2) is 18.2 Å². The van der Waals surface area contributed by atoms with Crippen LogP contribution in [0.3, 0.4) is 0 Å². The maximum Gasteiger partial charge on any atom is 0.254 e. The zero-order valence-electron chi connectivity index (χ0n) is 9.05. The van der Waals surface area contributed by atoms with Crippen molar-refractivity contribution in [2.24, 2.45) is 5.92 Å². The van der Waals surface area contributed by atoms with Gasteiger partial charge in [0.15, 0.2) is 5.82 Å². The normalized spacial score (nSPS) is 16.6. The van der Waals surface area contributed by atoms with Gasteiger partial charge in [-0.1, -0.05) is 33.6 Å². The van der Waals surface area contributed by atoms with Gasteiger partial charge in [-0.3, -0.25) is 4.79 Å². The van der Waals surface area contributed by atoms with Crippen LogP contribution in [0.25, 0.3) is 0 Å². The lowest BCUT2D eigenvalue weighted by atomic mass is 10.2. The van der Waals surface area contributed by atoms with Crippen molar-refractivity contribution in [2.75, 3.05) is 6.54 Å². The number of hydrogen-bond acceptors (Lipinski definition) is 1. The molecule has 0 aromatic heterocycles. The van der Waals surface area contributed by atoms with Crippen LogP contribution in [0.1, 0.15) is 23.2 Å². The third-order valence-electron chi connectivity index (χ3n) is 2.79. The number of benzene rings is 1. The van der Waals surface area contributed by atoms with Crippen LogP contribution in [0.5, 0.6) is 0 Å². The third kappa shape index (κ3) is 3.19. The zero-order chi connectivity index (χ0) is 12.4. The first-order chi connectivity index (χ1) is 8.09. The average molecular weight is 321 g/mol. The molecule has 1 N–H and O–H groups in total. The number of alkyl halides is 1. The van der Waals surface area contributed by atoms with Crippen LogP contribution in [0.2, 0.25) is 5.02 Å². The van der Waals surface area contributed by atoms with Gasteiger partial charge in [-0.25, -0.2) is 4.39 Å². The number of carbonyl (C=O) groups excluding carboxylic acids is 1. The smallest absolute Gasteiger partial charge is 0.254 e. The summed E-state index contributed by atoms with van der Waals surface area (Å²) < 4.78 is 13.5. The van der Waals surface area contributed by atoms with E-state index in [0.717, 1.165) is 0 Å². The molecule has 1 aromatic carbocycles. The summed E-state index contributed by atoms with van der Waals surface area (Å²) in [6.07, 6.45) is 2.38. The molecule has 92 valence electrons. The highest BCUT2D eigenvalue weighted by atomic mass is 79.9. The van der Waals surface area contributed by atoms with Crippen molar-refractivity contribution in [3.8, 4) is 0 Å². The first kappa shape index (κ1) is 12.8. The van der Waals surface area contributed by atoms with Crippen molar-refractivity contribution in [2.45, 2.75) is 17.7 Å². The fourth-order valence-corrected chi connectivity index (χ4v) is 2.45. The van der Waals surface area contributed by atoms with Crippen molar-refractivity contribution < 1.29 is 9.18 Å². The van der Waals surface area contributed by atoms with E-state index in [2.05, 4.69) is 21.2 Å². The van der Waals surface area contributed by atoms with Crippen molar-refractivity contribution in [1.82, 2.24) is 5.32 Å². The van der Waals surface area contributed by atoms with Gasteiger partial charge in [-0.2, -0.15) is 0 Å². The van der Waals surface area contributed by atoms with E-state index in [4.69, 9.17) is 11.6 Å². The standard InChI is InChI=1S/C12H12BrClFNO/c13-9(7-4-5-7)6-16-12(17)8-2-1-3-10(14)11(8)15/h1-3,7,9H,4-6H2,(H,16,17). The number of carbonyl (C=O) groups is 1. The molecule has 1 unspecified atom stereocenters. The molecule has 0 spiro atoms. The number of amides is 1. The monoisotopic (exact) mass is 319 g/mol. The number of halogens is 3. The fourth-order valence-electron chi connectivity index (χ4n) is 1.59. The quantitative estimate of drug-likeness (QED) is 0.847. The Balaban J connectivity index is 1.96. The van der Waals surface area contributed by atoms with Crippen molar-refractivity contribution in [3.63, 3.8) is 0 Å². The molecule has 17 heavy (non-hydrogen) atoms. The average Bonchev–Trinajstić information content (AvgIpc) is 3.13. The van der Waals surface area contributed by atoms with Crippen LogP contribution in [0.4, 0.5) is 4.39 Å². The Bertz CT molecular complexity index is 437. The van der Waals surface area contributed by atoms with Crippen LogP contribution in [-0.2, 0) is 0 Å². The summed E-state index contributed by atoms with van der Waals surface area (Å²) in [6, 6.07) is 4.41. The van der Waals surface area contributed by atoms with Crippen LogP contribution in [0, 0.1) is 11.7 Å². The highest BCUT2D eigenvalue weighted by Gasteiger charge is 2.29.